The van der Waals surface area contributed by atoms with E-state index < -0.39 is 0 Å². The molecule has 1 aliphatic carbocycles. The zero-order chi connectivity index (χ0) is 12.6. The average Bonchev–Trinajstić information content (AvgIpc) is 2.87. The van der Waals surface area contributed by atoms with E-state index in [1.165, 1.54) is 84.1 Å². The highest BCUT2D eigenvalue weighted by Crippen LogP contribution is 2.30. The van der Waals surface area contributed by atoms with Crippen molar-refractivity contribution in [1.82, 2.24) is 10.2 Å². The number of hydrogen-bond donors (Lipinski definition) is 1. The van der Waals surface area contributed by atoms with Gasteiger partial charge in [0.1, 0.15) is 0 Å². The lowest BCUT2D eigenvalue weighted by molar-refractivity contribution is 0.266. The fraction of sp³-hybridized carbons (Fsp3) is 1.00. The first-order valence-electron chi connectivity index (χ1n) is 8.27. The average molecular weight is 252 g/mol. The molecule has 0 spiro atoms. The largest absolute Gasteiger partial charge is 0.317 e. The Morgan fingerprint density at radius 3 is 2.67 bits per heavy atom. The van der Waals surface area contributed by atoms with E-state index >= 15 is 0 Å². The summed E-state index contributed by atoms with van der Waals surface area (Å²) in [5.41, 5.74) is 0. The number of nitrogens with zero attached hydrogens (tertiary/aromatic N) is 1. The minimum absolute atomic E-state index is 0.985. The summed E-state index contributed by atoms with van der Waals surface area (Å²) in [6.07, 6.45) is 11.5. The van der Waals surface area contributed by atoms with Crippen LogP contribution < -0.4 is 5.32 Å². The molecule has 2 fully saturated rings. The maximum absolute atomic E-state index is 3.64. The molecule has 2 rings (SSSR count). The second-order valence-electron chi connectivity index (χ2n) is 6.58. The molecule has 18 heavy (non-hydrogen) atoms. The third kappa shape index (κ3) is 5.27. The van der Waals surface area contributed by atoms with E-state index in [-0.39, 0.29) is 0 Å². The Balaban J connectivity index is 1.41. The fourth-order valence-corrected chi connectivity index (χ4v) is 3.69. The summed E-state index contributed by atoms with van der Waals surface area (Å²) in [6, 6.07) is 0. The van der Waals surface area contributed by atoms with Gasteiger partial charge in [0.05, 0.1) is 0 Å². The van der Waals surface area contributed by atoms with Crippen LogP contribution >= 0.6 is 0 Å². The predicted octanol–water partition coefficient (Wildman–Crippen LogP) is 3.28. The standard InChI is InChI=1S/C16H32N2/c1-15-6-4-7-16(14-15)8-10-17-9-5-13-18-11-2-3-12-18/h15-17H,2-14H2,1H3. The molecule has 2 unspecified atom stereocenters. The monoisotopic (exact) mass is 252 g/mol. The van der Waals surface area contributed by atoms with Crippen LogP contribution in [-0.2, 0) is 0 Å². The van der Waals surface area contributed by atoms with Crippen molar-refractivity contribution >= 4 is 0 Å². The van der Waals surface area contributed by atoms with Crippen LogP contribution in [0.5, 0.6) is 0 Å². The summed E-state index contributed by atoms with van der Waals surface area (Å²) in [6.45, 7) is 8.90. The smallest absolute Gasteiger partial charge is 0.000664 e. The van der Waals surface area contributed by atoms with Gasteiger partial charge in [-0.1, -0.05) is 26.2 Å². The van der Waals surface area contributed by atoms with E-state index in [9.17, 15) is 0 Å². The Labute approximate surface area is 114 Å². The van der Waals surface area contributed by atoms with Gasteiger partial charge in [0.25, 0.3) is 0 Å². The van der Waals surface area contributed by atoms with Crippen molar-refractivity contribution in [3.8, 4) is 0 Å². The molecule has 0 radical (unpaired) electrons. The summed E-state index contributed by atoms with van der Waals surface area (Å²) in [5.74, 6) is 2.00. The molecule has 0 aromatic carbocycles. The topological polar surface area (TPSA) is 15.3 Å². The number of hydrogen-bond acceptors (Lipinski definition) is 2. The highest BCUT2D eigenvalue weighted by molar-refractivity contribution is 4.71. The molecule has 0 aromatic heterocycles. The van der Waals surface area contributed by atoms with Crippen molar-refractivity contribution in [1.29, 1.82) is 0 Å². The molecule has 1 saturated carbocycles. The van der Waals surface area contributed by atoms with Crippen molar-refractivity contribution in [2.75, 3.05) is 32.7 Å². The number of rotatable bonds is 7. The molecule has 1 heterocycles. The van der Waals surface area contributed by atoms with Gasteiger partial charge in [0.15, 0.2) is 0 Å². The molecule has 1 aliphatic heterocycles. The van der Waals surface area contributed by atoms with E-state index in [0.717, 1.165) is 11.8 Å². The van der Waals surface area contributed by atoms with Crippen molar-refractivity contribution in [2.45, 2.75) is 58.3 Å². The lowest BCUT2D eigenvalue weighted by Crippen LogP contribution is -2.26. The first kappa shape index (κ1) is 14.3. The van der Waals surface area contributed by atoms with Crippen LogP contribution in [0.1, 0.15) is 58.3 Å². The highest BCUT2D eigenvalue weighted by Gasteiger charge is 2.18. The van der Waals surface area contributed by atoms with Gasteiger partial charge in [0.2, 0.25) is 0 Å². The minimum atomic E-state index is 0.985. The van der Waals surface area contributed by atoms with E-state index in [1.54, 1.807) is 0 Å². The van der Waals surface area contributed by atoms with E-state index in [4.69, 9.17) is 0 Å². The Morgan fingerprint density at radius 2 is 1.89 bits per heavy atom. The molecule has 2 atom stereocenters. The van der Waals surface area contributed by atoms with Gasteiger partial charge >= 0.3 is 0 Å². The van der Waals surface area contributed by atoms with Gasteiger partial charge in [0, 0.05) is 0 Å². The Bertz CT molecular complexity index is 211. The van der Waals surface area contributed by atoms with Gasteiger partial charge in [-0.15, -0.1) is 0 Å². The molecule has 2 nitrogen and oxygen atoms in total. The normalized spacial score (nSPS) is 29.8. The highest BCUT2D eigenvalue weighted by atomic mass is 15.1. The molecule has 2 heteroatoms. The van der Waals surface area contributed by atoms with Gasteiger partial charge in [-0.25, -0.2) is 0 Å². The van der Waals surface area contributed by atoms with Crippen molar-refractivity contribution in [3.63, 3.8) is 0 Å². The number of likely N-dealkylation sites (tertiary alicyclic amines) is 1. The van der Waals surface area contributed by atoms with E-state index in [1.807, 2.05) is 0 Å². The molecule has 0 bridgehead atoms. The molecule has 2 aliphatic rings. The summed E-state index contributed by atoms with van der Waals surface area (Å²) >= 11 is 0. The molecular weight excluding hydrogens is 220 g/mol. The Morgan fingerprint density at radius 1 is 1.06 bits per heavy atom. The van der Waals surface area contributed by atoms with Crippen LogP contribution in [0, 0.1) is 11.8 Å². The molecule has 106 valence electrons. The van der Waals surface area contributed by atoms with Crippen molar-refractivity contribution in [2.24, 2.45) is 11.8 Å². The van der Waals surface area contributed by atoms with Crippen LogP contribution in [-0.4, -0.2) is 37.6 Å². The van der Waals surface area contributed by atoms with Crippen LogP contribution in [0.3, 0.4) is 0 Å². The minimum Gasteiger partial charge on any atom is -0.317 e. The lowest BCUT2D eigenvalue weighted by Gasteiger charge is -2.26. The second-order valence-corrected chi connectivity index (χ2v) is 6.58. The van der Waals surface area contributed by atoms with Crippen molar-refractivity contribution < 1.29 is 0 Å². The van der Waals surface area contributed by atoms with Crippen LogP contribution in [0.25, 0.3) is 0 Å². The maximum Gasteiger partial charge on any atom is -0.000664 e. The summed E-state index contributed by atoms with van der Waals surface area (Å²) < 4.78 is 0. The molecular formula is C16H32N2. The first-order chi connectivity index (χ1) is 8.84. The quantitative estimate of drug-likeness (QED) is 0.700. The summed E-state index contributed by atoms with van der Waals surface area (Å²) in [4.78, 5) is 2.62. The van der Waals surface area contributed by atoms with Gasteiger partial charge in [-0.05, 0) is 76.7 Å². The van der Waals surface area contributed by atoms with Gasteiger partial charge < -0.3 is 10.2 Å². The van der Waals surface area contributed by atoms with Gasteiger partial charge in [-0.3, -0.25) is 0 Å². The predicted molar refractivity (Wildman–Crippen MR) is 78.9 cm³/mol. The first-order valence-corrected chi connectivity index (χ1v) is 8.27. The summed E-state index contributed by atoms with van der Waals surface area (Å²) in [7, 11) is 0. The summed E-state index contributed by atoms with van der Waals surface area (Å²) in [5, 5.41) is 3.64. The van der Waals surface area contributed by atoms with Crippen LogP contribution in [0.15, 0.2) is 0 Å². The maximum atomic E-state index is 3.64. The molecule has 1 saturated heterocycles. The zero-order valence-corrected chi connectivity index (χ0v) is 12.3. The third-order valence-corrected chi connectivity index (χ3v) is 4.80. The van der Waals surface area contributed by atoms with Crippen LogP contribution in [0.4, 0.5) is 0 Å². The number of nitrogens with one attached hydrogen (secondary N) is 1. The Kier molecular flexibility index (Phi) is 6.50. The van der Waals surface area contributed by atoms with E-state index in [0.29, 0.717) is 0 Å². The molecule has 1 N–H and O–H groups in total. The van der Waals surface area contributed by atoms with Gasteiger partial charge in [-0.2, -0.15) is 0 Å². The SMILES string of the molecule is CC1CCCC(CCNCCCN2CCCC2)C1. The van der Waals surface area contributed by atoms with Crippen LogP contribution in [0.2, 0.25) is 0 Å². The third-order valence-electron chi connectivity index (χ3n) is 4.80. The second kappa shape index (κ2) is 8.16. The lowest BCUT2D eigenvalue weighted by atomic mass is 9.81. The fourth-order valence-electron chi connectivity index (χ4n) is 3.69. The van der Waals surface area contributed by atoms with Crippen molar-refractivity contribution in [3.05, 3.63) is 0 Å². The zero-order valence-electron chi connectivity index (χ0n) is 12.3. The molecule has 0 aromatic rings. The van der Waals surface area contributed by atoms with E-state index in [2.05, 4.69) is 17.1 Å². The molecule has 0 amide bonds. The Hall–Kier alpha value is -0.0800.